The molecule has 0 atom stereocenters. The molecule has 84 valence electrons. The molecule has 1 aliphatic heterocycles. The molecule has 1 aromatic heterocycles. The Morgan fingerprint density at radius 1 is 1.60 bits per heavy atom. The van der Waals surface area contributed by atoms with Crippen LogP contribution < -0.4 is 5.32 Å². The molecule has 2 heterocycles. The molecule has 4 heteroatoms. The van der Waals surface area contributed by atoms with Crippen LogP contribution in [0.25, 0.3) is 0 Å². The second-order valence-electron chi connectivity index (χ2n) is 4.60. The van der Waals surface area contributed by atoms with Crippen LogP contribution >= 0.6 is 15.9 Å². The minimum Gasteiger partial charge on any atom is -0.467 e. The number of nitrogens with zero attached hydrogens (tertiary/aromatic N) is 1. The number of rotatable bonds is 2. The quantitative estimate of drug-likeness (QED) is 0.895. The Labute approximate surface area is 99.0 Å². The molecule has 3 nitrogen and oxygen atoms in total. The van der Waals surface area contributed by atoms with Gasteiger partial charge in [-0.05, 0) is 35.8 Å². The van der Waals surface area contributed by atoms with E-state index >= 15 is 0 Å². The molecule has 0 spiro atoms. The maximum atomic E-state index is 5.45. The molecule has 0 aliphatic carbocycles. The van der Waals surface area contributed by atoms with Gasteiger partial charge in [0.1, 0.15) is 5.76 Å². The van der Waals surface area contributed by atoms with Gasteiger partial charge in [-0.25, -0.2) is 0 Å². The van der Waals surface area contributed by atoms with E-state index in [9.17, 15) is 0 Å². The van der Waals surface area contributed by atoms with Crippen LogP contribution in [-0.4, -0.2) is 30.1 Å². The van der Waals surface area contributed by atoms with Gasteiger partial charge in [-0.1, -0.05) is 0 Å². The van der Waals surface area contributed by atoms with Crippen molar-refractivity contribution in [1.82, 2.24) is 10.2 Å². The van der Waals surface area contributed by atoms with Gasteiger partial charge in [0.2, 0.25) is 0 Å². The SMILES string of the molecule is CC1(C)CNCCN1Cc1occc1Br. The molecule has 1 aliphatic rings. The van der Waals surface area contributed by atoms with E-state index < -0.39 is 0 Å². The minimum atomic E-state index is 0.199. The number of furan rings is 1. The molecule has 2 rings (SSSR count). The van der Waals surface area contributed by atoms with Crippen molar-refractivity contribution < 1.29 is 4.42 Å². The van der Waals surface area contributed by atoms with Gasteiger partial charge in [-0.15, -0.1) is 0 Å². The van der Waals surface area contributed by atoms with Crippen molar-refractivity contribution >= 4 is 15.9 Å². The summed E-state index contributed by atoms with van der Waals surface area (Å²) in [5.74, 6) is 1.02. The lowest BCUT2D eigenvalue weighted by Gasteiger charge is -2.42. The number of hydrogen-bond donors (Lipinski definition) is 1. The average molecular weight is 273 g/mol. The van der Waals surface area contributed by atoms with Crippen LogP contribution in [0, 0.1) is 0 Å². The van der Waals surface area contributed by atoms with Crippen molar-refractivity contribution in [3.63, 3.8) is 0 Å². The van der Waals surface area contributed by atoms with Crippen molar-refractivity contribution in [1.29, 1.82) is 0 Å². The summed E-state index contributed by atoms with van der Waals surface area (Å²) in [5.41, 5.74) is 0.199. The van der Waals surface area contributed by atoms with Gasteiger partial charge < -0.3 is 9.73 Å². The van der Waals surface area contributed by atoms with Crippen LogP contribution in [0.3, 0.4) is 0 Å². The van der Waals surface area contributed by atoms with E-state index in [0.29, 0.717) is 0 Å². The smallest absolute Gasteiger partial charge is 0.131 e. The van der Waals surface area contributed by atoms with Crippen molar-refractivity contribution in [3.05, 3.63) is 22.6 Å². The molecule has 1 aromatic rings. The lowest BCUT2D eigenvalue weighted by molar-refractivity contribution is 0.0751. The zero-order chi connectivity index (χ0) is 10.9. The normalized spacial score (nSPS) is 21.8. The van der Waals surface area contributed by atoms with Crippen molar-refractivity contribution in [2.24, 2.45) is 0 Å². The Bertz CT molecular complexity index is 335. The van der Waals surface area contributed by atoms with E-state index in [2.05, 4.69) is 40.0 Å². The molecule has 0 bridgehead atoms. The lowest BCUT2D eigenvalue weighted by Crippen LogP contribution is -2.57. The first-order valence-corrected chi connectivity index (χ1v) is 6.06. The Kier molecular flexibility index (Phi) is 3.19. The van der Waals surface area contributed by atoms with Gasteiger partial charge in [0.15, 0.2) is 0 Å². The summed E-state index contributed by atoms with van der Waals surface area (Å²) in [5, 5.41) is 3.42. The van der Waals surface area contributed by atoms with Crippen LogP contribution in [0.4, 0.5) is 0 Å². The monoisotopic (exact) mass is 272 g/mol. The first-order valence-electron chi connectivity index (χ1n) is 5.27. The number of hydrogen-bond acceptors (Lipinski definition) is 3. The third-order valence-electron chi connectivity index (χ3n) is 3.00. The van der Waals surface area contributed by atoms with Crippen LogP contribution in [0.15, 0.2) is 21.2 Å². The standard InChI is InChI=1S/C11H17BrN2O/c1-11(2)8-13-4-5-14(11)7-10-9(12)3-6-15-10/h3,6,13H,4-5,7-8H2,1-2H3. The first kappa shape index (κ1) is 11.2. The fraction of sp³-hybridized carbons (Fsp3) is 0.636. The number of halogens is 1. The highest BCUT2D eigenvalue weighted by molar-refractivity contribution is 9.10. The minimum absolute atomic E-state index is 0.199. The zero-order valence-corrected chi connectivity index (χ0v) is 10.8. The summed E-state index contributed by atoms with van der Waals surface area (Å²) in [7, 11) is 0. The summed E-state index contributed by atoms with van der Waals surface area (Å²) in [6, 6.07) is 1.95. The molecule has 15 heavy (non-hydrogen) atoms. The van der Waals surface area contributed by atoms with Crippen LogP contribution in [0.2, 0.25) is 0 Å². The summed E-state index contributed by atoms with van der Waals surface area (Å²) < 4.78 is 6.52. The first-order chi connectivity index (χ1) is 7.09. The van der Waals surface area contributed by atoms with Gasteiger partial charge >= 0.3 is 0 Å². The molecule has 1 fully saturated rings. The summed E-state index contributed by atoms with van der Waals surface area (Å²) in [6.07, 6.45) is 1.73. The van der Waals surface area contributed by atoms with E-state index in [4.69, 9.17) is 4.42 Å². The highest BCUT2D eigenvalue weighted by atomic mass is 79.9. The molecule has 1 N–H and O–H groups in total. The van der Waals surface area contributed by atoms with Gasteiger partial charge in [0.25, 0.3) is 0 Å². The van der Waals surface area contributed by atoms with Gasteiger partial charge in [-0.2, -0.15) is 0 Å². The molecule has 0 amide bonds. The zero-order valence-electron chi connectivity index (χ0n) is 9.22. The average Bonchev–Trinajstić information content (AvgIpc) is 2.56. The second-order valence-corrected chi connectivity index (χ2v) is 5.46. The maximum Gasteiger partial charge on any atom is 0.131 e. The van der Waals surface area contributed by atoms with Crippen LogP contribution in [0.5, 0.6) is 0 Å². The second kappa shape index (κ2) is 4.28. The third kappa shape index (κ3) is 2.44. The van der Waals surface area contributed by atoms with Crippen molar-refractivity contribution in [2.75, 3.05) is 19.6 Å². The Balaban J connectivity index is 2.07. The fourth-order valence-corrected chi connectivity index (χ4v) is 2.25. The molecule has 0 unspecified atom stereocenters. The highest BCUT2D eigenvalue weighted by Crippen LogP contribution is 2.24. The Morgan fingerprint density at radius 2 is 2.40 bits per heavy atom. The molecule has 0 radical (unpaired) electrons. The van der Waals surface area contributed by atoms with Gasteiger partial charge in [0, 0.05) is 25.2 Å². The summed E-state index contributed by atoms with van der Waals surface area (Å²) in [4.78, 5) is 2.45. The molecular weight excluding hydrogens is 256 g/mol. The van der Waals surface area contributed by atoms with Gasteiger partial charge in [0.05, 0.1) is 17.3 Å². The molecule has 0 saturated carbocycles. The van der Waals surface area contributed by atoms with E-state index in [-0.39, 0.29) is 5.54 Å². The Hall–Kier alpha value is -0.320. The van der Waals surface area contributed by atoms with Crippen LogP contribution in [0.1, 0.15) is 19.6 Å². The predicted octanol–water partition coefficient (Wildman–Crippen LogP) is 2.23. The van der Waals surface area contributed by atoms with Crippen molar-refractivity contribution in [2.45, 2.75) is 25.9 Å². The van der Waals surface area contributed by atoms with Crippen molar-refractivity contribution in [3.8, 4) is 0 Å². The topological polar surface area (TPSA) is 28.4 Å². The van der Waals surface area contributed by atoms with Gasteiger partial charge in [-0.3, -0.25) is 4.90 Å². The van der Waals surface area contributed by atoms with E-state index in [1.165, 1.54) is 0 Å². The molecule has 0 aromatic carbocycles. The molecule has 1 saturated heterocycles. The largest absolute Gasteiger partial charge is 0.467 e. The highest BCUT2D eigenvalue weighted by Gasteiger charge is 2.30. The summed E-state index contributed by atoms with van der Waals surface area (Å²) in [6.45, 7) is 8.56. The lowest BCUT2D eigenvalue weighted by atomic mass is 10.00. The number of piperazine rings is 1. The fourth-order valence-electron chi connectivity index (χ4n) is 1.93. The number of nitrogens with one attached hydrogen (secondary N) is 1. The van der Waals surface area contributed by atoms with E-state index in [1.807, 2.05) is 6.07 Å². The van der Waals surface area contributed by atoms with E-state index in [0.717, 1.165) is 36.4 Å². The maximum absolute atomic E-state index is 5.45. The Morgan fingerprint density at radius 3 is 3.00 bits per heavy atom. The predicted molar refractivity (Wildman–Crippen MR) is 63.8 cm³/mol. The molecular formula is C11H17BrN2O. The van der Waals surface area contributed by atoms with Crippen LogP contribution in [-0.2, 0) is 6.54 Å². The summed E-state index contributed by atoms with van der Waals surface area (Å²) >= 11 is 3.49. The van der Waals surface area contributed by atoms with E-state index in [1.54, 1.807) is 6.26 Å². The third-order valence-corrected chi connectivity index (χ3v) is 3.70.